The van der Waals surface area contributed by atoms with E-state index >= 15 is 0 Å². The molecule has 35 heavy (non-hydrogen) atoms. The van der Waals surface area contributed by atoms with Gasteiger partial charge < -0.3 is 18.9 Å². The SMILES string of the molecule is CC(=O)O[C@H]1CC[C@@H](C)[C@]23OC(C)(C)[C@H](C[C@H](OC(=O)C=Cc4ccccc4)[C@]12C)[C@H]3OC(C)=O. The van der Waals surface area contributed by atoms with Crippen LogP contribution in [0.4, 0.5) is 0 Å². The number of carbonyl (C=O) groups excluding carboxylic acids is 3. The van der Waals surface area contributed by atoms with E-state index in [1.54, 1.807) is 6.08 Å². The highest BCUT2D eigenvalue weighted by Gasteiger charge is 2.78. The Morgan fingerprint density at radius 3 is 2.23 bits per heavy atom. The van der Waals surface area contributed by atoms with Gasteiger partial charge in [-0.25, -0.2) is 4.79 Å². The first kappa shape index (κ1) is 25.4. The zero-order valence-electron chi connectivity index (χ0n) is 21.4. The number of carbonyl (C=O) groups is 3. The van der Waals surface area contributed by atoms with Crippen molar-refractivity contribution in [2.24, 2.45) is 17.3 Å². The highest BCUT2D eigenvalue weighted by Crippen LogP contribution is 2.67. The van der Waals surface area contributed by atoms with Crippen LogP contribution in [0.5, 0.6) is 0 Å². The van der Waals surface area contributed by atoms with E-state index in [2.05, 4.69) is 6.92 Å². The van der Waals surface area contributed by atoms with E-state index in [0.717, 1.165) is 12.0 Å². The van der Waals surface area contributed by atoms with E-state index in [1.165, 1.54) is 19.9 Å². The lowest BCUT2D eigenvalue weighted by atomic mass is 9.49. The van der Waals surface area contributed by atoms with Gasteiger partial charge in [0.1, 0.15) is 23.9 Å². The monoisotopic (exact) mass is 484 g/mol. The fourth-order valence-electron chi connectivity index (χ4n) is 6.88. The molecule has 1 aromatic carbocycles. The van der Waals surface area contributed by atoms with Gasteiger partial charge in [0.05, 0.1) is 11.0 Å². The Balaban J connectivity index is 1.76. The number of fused-ring (bicyclic) bond motifs is 1. The number of benzene rings is 1. The summed E-state index contributed by atoms with van der Waals surface area (Å²) in [7, 11) is 0. The third kappa shape index (κ3) is 4.18. The summed E-state index contributed by atoms with van der Waals surface area (Å²) in [4.78, 5) is 37.3. The van der Waals surface area contributed by atoms with Gasteiger partial charge in [-0.3, -0.25) is 9.59 Å². The molecule has 3 aliphatic rings. The van der Waals surface area contributed by atoms with Crippen molar-refractivity contribution in [3.05, 3.63) is 42.0 Å². The Labute approximate surface area is 207 Å². The average molecular weight is 485 g/mol. The lowest BCUT2D eigenvalue weighted by Gasteiger charge is -2.61. The lowest BCUT2D eigenvalue weighted by Crippen LogP contribution is -2.73. The van der Waals surface area contributed by atoms with Gasteiger partial charge in [-0.15, -0.1) is 0 Å². The molecule has 2 saturated carbocycles. The smallest absolute Gasteiger partial charge is 0.331 e. The van der Waals surface area contributed by atoms with Gasteiger partial charge in [-0.1, -0.05) is 37.3 Å². The molecule has 190 valence electrons. The van der Waals surface area contributed by atoms with Crippen LogP contribution >= 0.6 is 0 Å². The summed E-state index contributed by atoms with van der Waals surface area (Å²) in [6, 6.07) is 9.52. The van der Waals surface area contributed by atoms with Crippen LogP contribution in [0.15, 0.2) is 36.4 Å². The maximum atomic E-state index is 13.0. The van der Waals surface area contributed by atoms with Crippen molar-refractivity contribution < 1.29 is 33.3 Å². The quantitative estimate of drug-likeness (QED) is 0.346. The van der Waals surface area contributed by atoms with E-state index in [0.29, 0.717) is 12.8 Å². The molecular weight excluding hydrogens is 448 g/mol. The zero-order chi connectivity index (χ0) is 25.6. The first-order chi connectivity index (χ1) is 16.4. The average Bonchev–Trinajstić information content (AvgIpc) is 2.95. The van der Waals surface area contributed by atoms with Crippen LogP contribution in [0, 0.1) is 17.3 Å². The largest absolute Gasteiger partial charge is 0.462 e. The number of ether oxygens (including phenoxy) is 4. The molecule has 0 amide bonds. The van der Waals surface area contributed by atoms with Crippen LogP contribution in [-0.2, 0) is 33.3 Å². The van der Waals surface area contributed by atoms with Crippen molar-refractivity contribution in [1.29, 1.82) is 0 Å². The Kier molecular flexibility index (Phi) is 6.60. The Morgan fingerprint density at radius 2 is 1.60 bits per heavy atom. The van der Waals surface area contributed by atoms with Gasteiger partial charge in [0.25, 0.3) is 0 Å². The number of rotatable bonds is 5. The predicted molar refractivity (Wildman–Crippen MR) is 129 cm³/mol. The molecule has 7 nitrogen and oxygen atoms in total. The molecular formula is C28H36O7. The summed E-state index contributed by atoms with van der Waals surface area (Å²) < 4.78 is 24.8. The minimum Gasteiger partial charge on any atom is -0.462 e. The molecule has 3 fully saturated rings. The molecule has 4 rings (SSSR count). The fourth-order valence-corrected chi connectivity index (χ4v) is 6.88. The van der Waals surface area contributed by atoms with Gasteiger partial charge in [0, 0.05) is 25.8 Å². The van der Waals surface area contributed by atoms with Crippen molar-refractivity contribution in [3.8, 4) is 0 Å². The Bertz CT molecular complexity index is 1020. The molecule has 2 aliphatic carbocycles. The van der Waals surface area contributed by atoms with Gasteiger partial charge in [-0.05, 0) is 57.6 Å². The maximum Gasteiger partial charge on any atom is 0.331 e. The molecule has 0 radical (unpaired) electrons. The minimum atomic E-state index is -0.975. The topological polar surface area (TPSA) is 88.1 Å². The molecule has 1 aromatic rings. The normalized spacial score (nSPS) is 37.4. The second kappa shape index (κ2) is 9.08. The van der Waals surface area contributed by atoms with Crippen molar-refractivity contribution >= 4 is 24.0 Å². The number of hydrogen-bond donors (Lipinski definition) is 0. The molecule has 7 heteroatoms. The van der Waals surface area contributed by atoms with Crippen molar-refractivity contribution in [3.63, 3.8) is 0 Å². The third-order valence-corrected chi connectivity index (χ3v) is 8.43. The second-order valence-electron chi connectivity index (χ2n) is 10.9. The highest BCUT2D eigenvalue weighted by molar-refractivity contribution is 5.87. The molecule has 0 N–H and O–H groups in total. The van der Waals surface area contributed by atoms with Crippen LogP contribution in [0.25, 0.3) is 6.08 Å². The van der Waals surface area contributed by atoms with Crippen LogP contribution in [0.3, 0.4) is 0 Å². The van der Waals surface area contributed by atoms with E-state index in [1.807, 2.05) is 51.1 Å². The first-order valence-corrected chi connectivity index (χ1v) is 12.4. The lowest BCUT2D eigenvalue weighted by molar-refractivity contribution is -0.288. The van der Waals surface area contributed by atoms with Crippen LogP contribution < -0.4 is 0 Å². The molecule has 1 spiro atoms. The molecule has 2 bridgehead atoms. The number of esters is 3. The van der Waals surface area contributed by atoms with Crippen LogP contribution in [0.2, 0.25) is 0 Å². The summed E-state index contributed by atoms with van der Waals surface area (Å²) in [5, 5.41) is 0. The van der Waals surface area contributed by atoms with Crippen LogP contribution in [-0.4, -0.2) is 47.4 Å². The molecule has 0 aromatic heterocycles. The standard InChI is InChI=1S/C28H36O7/c1-17-12-14-22(32-18(2)29)27(6)23(34-24(31)15-13-20-10-8-7-9-11-20)16-21-25(33-19(3)30)28(17,27)35-26(21,4)5/h7-11,13,15,17,21-23,25H,12,14,16H2,1-6H3/t17-,21-,22+,23+,25-,27+,28-/m1/s1. The second-order valence-corrected chi connectivity index (χ2v) is 10.9. The van der Waals surface area contributed by atoms with E-state index in [4.69, 9.17) is 18.9 Å². The summed E-state index contributed by atoms with van der Waals surface area (Å²) in [6.45, 7) is 10.8. The fraction of sp³-hybridized carbons (Fsp3) is 0.607. The molecule has 7 atom stereocenters. The summed E-state index contributed by atoms with van der Waals surface area (Å²) in [5.41, 5.74) is -1.64. The minimum absolute atomic E-state index is 0.0192. The van der Waals surface area contributed by atoms with E-state index < -0.39 is 46.9 Å². The first-order valence-electron chi connectivity index (χ1n) is 12.4. The van der Waals surface area contributed by atoms with E-state index in [9.17, 15) is 14.4 Å². The van der Waals surface area contributed by atoms with Crippen molar-refractivity contribution in [2.75, 3.05) is 0 Å². The third-order valence-electron chi connectivity index (χ3n) is 8.43. The van der Waals surface area contributed by atoms with Gasteiger partial charge in [0.2, 0.25) is 0 Å². The van der Waals surface area contributed by atoms with E-state index in [-0.39, 0.29) is 17.8 Å². The Hall–Kier alpha value is -2.67. The molecule has 0 unspecified atom stereocenters. The zero-order valence-corrected chi connectivity index (χ0v) is 21.4. The van der Waals surface area contributed by atoms with Crippen LogP contribution in [0.1, 0.15) is 66.4 Å². The van der Waals surface area contributed by atoms with Gasteiger partial charge >= 0.3 is 17.9 Å². The molecule has 1 heterocycles. The summed E-state index contributed by atoms with van der Waals surface area (Å²) >= 11 is 0. The van der Waals surface area contributed by atoms with Crippen molar-refractivity contribution in [1.82, 2.24) is 0 Å². The predicted octanol–water partition coefficient (Wildman–Crippen LogP) is 4.48. The molecule has 1 aliphatic heterocycles. The summed E-state index contributed by atoms with van der Waals surface area (Å²) in [6.07, 6.45) is 3.21. The summed E-state index contributed by atoms with van der Waals surface area (Å²) in [5.74, 6) is -1.47. The van der Waals surface area contributed by atoms with Crippen molar-refractivity contribution in [2.45, 2.75) is 90.3 Å². The van der Waals surface area contributed by atoms with Gasteiger partial charge in [0.15, 0.2) is 0 Å². The highest BCUT2D eigenvalue weighted by atomic mass is 16.6. The maximum absolute atomic E-state index is 13.0. The van der Waals surface area contributed by atoms with Gasteiger partial charge in [-0.2, -0.15) is 0 Å². The molecule has 1 saturated heterocycles. The number of hydrogen-bond acceptors (Lipinski definition) is 7. The Morgan fingerprint density at radius 1 is 0.943 bits per heavy atom.